The molecule has 0 aliphatic carbocycles. The van der Waals surface area contributed by atoms with E-state index in [1.165, 1.54) is 19.1 Å². The molecule has 6 atom stereocenters. The first kappa shape index (κ1) is 26.8. The van der Waals surface area contributed by atoms with Gasteiger partial charge in [-0.1, -0.05) is 0 Å². The number of carbonyl (C=O) groups is 2. The second-order valence-corrected chi connectivity index (χ2v) is 8.43. The number of aliphatic hydroxyl groups is 3. The van der Waals surface area contributed by atoms with Gasteiger partial charge in [-0.05, 0) is 25.1 Å². The SMILES string of the molecule is CC(OC1OC(C(=O)O)C(O)C(O)C1O)C(=O)Oc1cc(O)c2c(=O)cc(-c3ccc(O)c(O)c3)oc2c1. The molecule has 0 spiro atoms. The van der Waals surface area contributed by atoms with Crippen LogP contribution in [-0.4, -0.2) is 84.5 Å². The molecule has 2 aromatic carbocycles. The number of fused-ring (bicyclic) bond motifs is 1. The predicted molar refractivity (Wildman–Crippen MR) is 123 cm³/mol. The molecule has 3 aromatic rings. The highest BCUT2D eigenvalue weighted by atomic mass is 16.7. The number of esters is 1. The highest BCUT2D eigenvalue weighted by Gasteiger charge is 2.48. The van der Waals surface area contributed by atoms with Gasteiger partial charge in [0, 0.05) is 23.8 Å². The second kappa shape index (κ2) is 10.3. The van der Waals surface area contributed by atoms with Gasteiger partial charge in [-0.2, -0.15) is 0 Å². The molecule has 1 aliphatic rings. The van der Waals surface area contributed by atoms with E-state index in [0.29, 0.717) is 0 Å². The zero-order valence-corrected chi connectivity index (χ0v) is 19.4. The third-order valence-corrected chi connectivity index (χ3v) is 5.74. The maximum absolute atomic E-state index is 12.6. The van der Waals surface area contributed by atoms with Crippen LogP contribution < -0.4 is 10.2 Å². The molecular weight excluding hydrogens is 512 g/mol. The molecule has 1 fully saturated rings. The molecule has 14 heteroatoms. The van der Waals surface area contributed by atoms with E-state index in [4.69, 9.17) is 23.7 Å². The summed E-state index contributed by atoms with van der Waals surface area (Å²) in [4.78, 5) is 36.4. The Labute approximate surface area is 212 Å². The average Bonchev–Trinajstić information content (AvgIpc) is 2.85. The summed E-state index contributed by atoms with van der Waals surface area (Å²) in [7, 11) is 0. The van der Waals surface area contributed by atoms with Crippen LogP contribution in [0, 0.1) is 0 Å². The van der Waals surface area contributed by atoms with Crippen molar-refractivity contribution in [1.82, 2.24) is 0 Å². The monoisotopic (exact) mass is 534 g/mol. The van der Waals surface area contributed by atoms with Gasteiger partial charge >= 0.3 is 11.9 Å². The summed E-state index contributed by atoms with van der Waals surface area (Å²) in [6.45, 7) is 1.17. The highest BCUT2D eigenvalue weighted by Crippen LogP contribution is 2.34. The van der Waals surface area contributed by atoms with Crippen molar-refractivity contribution in [3.8, 4) is 34.3 Å². The number of carbonyl (C=O) groups excluding carboxylic acids is 1. The second-order valence-electron chi connectivity index (χ2n) is 8.43. The minimum absolute atomic E-state index is 0.0328. The number of aromatic hydroxyl groups is 3. The molecule has 14 nitrogen and oxygen atoms in total. The van der Waals surface area contributed by atoms with Crippen molar-refractivity contribution in [3.05, 3.63) is 46.6 Å². The van der Waals surface area contributed by atoms with Crippen LogP contribution in [0.1, 0.15) is 6.92 Å². The van der Waals surface area contributed by atoms with Gasteiger partial charge < -0.3 is 54.4 Å². The minimum Gasteiger partial charge on any atom is -0.507 e. The third kappa shape index (κ3) is 5.11. The number of hydrogen-bond acceptors (Lipinski definition) is 13. The van der Waals surface area contributed by atoms with Crippen LogP contribution in [0.25, 0.3) is 22.3 Å². The fraction of sp³-hybridized carbons (Fsp3) is 0.292. The number of carboxylic acids is 1. The normalized spacial score (nSPS) is 24.2. The van der Waals surface area contributed by atoms with Gasteiger partial charge in [0.1, 0.15) is 46.5 Å². The number of carboxylic acid groups (broad SMARTS) is 1. The van der Waals surface area contributed by atoms with Gasteiger partial charge in [0.15, 0.2) is 35.4 Å². The van der Waals surface area contributed by atoms with E-state index in [9.17, 15) is 45.0 Å². The lowest BCUT2D eigenvalue weighted by Crippen LogP contribution is -2.61. The first-order valence-corrected chi connectivity index (χ1v) is 11.0. The topological polar surface area (TPSA) is 234 Å². The van der Waals surface area contributed by atoms with E-state index >= 15 is 0 Å². The summed E-state index contributed by atoms with van der Waals surface area (Å²) in [5.74, 6) is -4.50. The smallest absolute Gasteiger partial charge is 0.340 e. The Kier molecular flexibility index (Phi) is 7.26. The molecular formula is C24H22O14. The first-order chi connectivity index (χ1) is 17.9. The molecule has 202 valence electrons. The van der Waals surface area contributed by atoms with Crippen molar-refractivity contribution >= 4 is 22.9 Å². The number of phenols is 3. The Balaban J connectivity index is 1.56. The number of phenolic OH excluding ortho intramolecular Hbond substituents is 3. The van der Waals surface area contributed by atoms with Crippen molar-refractivity contribution in [3.63, 3.8) is 0 Å². The molecule has 6 unspecified atom stereocenters. The van der Waals surface area contributed by atoms with Crippen LogP contribution in [-0.2, 0) is 19.1 Å². The van der Waals surface area contributed by atoms with Crippen molar-refractivity contribution in [1.29, 1.82) is 0 Å². The molecule has 4 rings (SSSR count). The summed E-state index contributed by atoms with van der Waals surface area (Å²) < 4.78 is 21.0. The zero-order valence-electron chi connectivity index (χ0n) is 19.4. The molecule has 7 N–H and O–H groups in total. The number of rotatable bonds is 6. The fourth-order valence-corrected chi connectivity index (χ4v) is 3.74. The average molecular weight is 534 g/mol. The summed E-state index contributed by atoms with van der Waals surface area (Å²) in [5.41, 5.74) is -0.622. The first-order valence-electron chi connectivity index (χ1n) is 11.0. The fourth-order valence-electron chi connectivity index (χ4n) is 3.74. The van der Waals surface area contributed by atoms with E-state index in [0.717, 1.165) is 24.3 Å². The van der Waals surface area contributed by atoms with Crippen molar-refractivity contribution in [2.45, 2.75) is 43.7 Å². The quantitative estimate of drug-likeness (QED) is 0.123. The van der Waals surface area contributed by atoms with E-state index in [1.54, 1.807) is 0 Å². The number of ether oxygens (including phenoxy) is 3. The van der Waals surface area contributed by atoms with Crippen LogP contribution >= 0.6 is 0 Å². The van der Waals surface area contributed by atoms with Gasteiger partial charge in [0.2, 0.25) is 0 Å². The Morgan fingerprint density at radius 3 is 2.29 bits per heavy atom. The molecule has 0 bridgehead atoms. The predicted octanol–water partition coefficient (Wildman–Crippen LogP) is -0.220. The molecule has 2 heterocycles. The van der Waals surface area contributed by atoms with E-state index in [2.05, 4.69) is 0 Å². The zero-order chi connectivity index (χ0) is 27.9. The van der Waals surface area contributed by atoms with E-state index in [-0.39, 0.29) is 28.0 Å². The third-order valence-electron chi connectivity index (χ3n) is 5.74. The molecule has 0 radical (unpaired) electrons. The summed E-state index contributed by atoms with van der Waals surface area (Å²) >= 11 is 0. The Morgan fingerprint density at radius 2 is 1.63 bits per heavy atom. The van der Waals surface area contributed by atoms with Crippen LogP contribution in [0.15, 0.2) is 45.6 Å². The van der Waals surface area contributed by atoms with Gasteiger partial charge in [-0.25, -0.2) is 9.59 Å². The summed E-state index contributed by atoms with van der Waals surface area (Å²) in [6.07, 6.45) is -11.1. The van der Waals surface area contributed by atoms with Crippen LogP contribution in [0.4, 0.5) is 0 Å². The van der Waals surface area contributed by atoms with Gasteiger partial charge in [0.25, 0.3) is 0 Å². The van der Waals surface area contributed by atoms with Gasteiger partial charge in [-0.3, -0.25) is 4.79 Å². The Bertz CT molecular complexity index is 1450. The van der Waals surface area contributed by atoms with E-state index in [1.807, 2.05) is 0 Å². The van der Waals surface area contributed by atoms with Crippen molar-refractivity contribution < 1.29 is 64.0 Å². The molecule has 38 heavy (non-hydrogen) atoms. The van der Waals surface area contributed by atoms with Crippen molar-refractivity contribution in [2.75, 3.05) is 0 Å². The molecule has 0 saturated carbocycles. The van der Waals surface area contributed by atoms with Gasteiger partial charge in [0.05, 0.1) is 0 Å². The largest absolute Gasteiger partial charge is 0.507 e. The Morgan fingerprint density at radius 1 is 0.921 bits per heavy atom. The summed E-state index contributed by atoms with van der Waals surface area (Å²) in [6, 6.07) is 6.83. The lowest BCUT2D eigenvalue weighted by atomic mass is 9.99. The number of aliphatic carboxylic acids is 1. The number of benzene rings is 2. The Hall–Kier alpha value is -4.21. The van der Waals surface area contributed by atoms with Crippen LogP contribution in [0.3, 0.4) is 0 Å². The maximum Gasteiger partial charge on any atom is 0.340 e. The number of aliphatic hydroxyl groups excluding tert-OH is 3. The molecule has 1 saturated heterocycles. The molecule has 1 aliphatic heterocycles. The standard InChI is InChI=1S/C24H22O14/c1-8(35-24-20(31)18(29)19(30)21(38-24)22(32)33)23(34)36-10-5-13(27)17-14(28)7-15(37-16(17)6-10)9-2-3-11(25)12(26)4-9/h2-8,18-21,24-27,29-31H,1H3,(H,32,33). The summed E-state index contributed by atoms with van der Waals surface area (Å²) in [5, 5.41) is 68.1. The maximum atomic E-state index is 12.6. The molecule has 0 amide bonds. The lowest BCUT2D eigenvalue weighted by Gasteiger charge is -2.39. The van der Waals surface area contributed by atoms with E-state index < -0.39 is 71.4 Å². The van der Waals surface area contributed by atoms with Crippen molar-refractivity contribution in [2.24, 2.45) is 0 Å². The minimum atomic E-state index is -1.95. The number of hydrogen-bond donors (Lipinski definition) is 7. The highest BCUT2D eigenvalue weighted by molar-refractivity contribution is 5.87. The lowest BCUT2D eigenvalue weighted by molar-refractivity contribution is -0.301. The van der Waals surface area contributed by atoms with Gasteiger partial charge in [-0.15, -0.1) is 0 Å². The molecule has 1 aromatic heterocycles. The van der Waals surface area contributed by atoms with Crippen LogP contribution in [0.5, 0.6) is 23.0 Å². The van der Waals surface area contributed by atoms with Crippen LogP contribution in [0.2, 0.25) is 0 Å².